The van der Waals surface area contributed by atoms with Gasteiger partial charge in [0.25, 0.3) is 0 Å². The van der Waals surface area contributed by atoms with Crippen molar-refractivity contribution in [2.24, 2.45) is 5.73 Å². The molecule has 2 nitrogen and oxygen atoms in total. The molecule has 1 aromatic rings. The average molecular weight is 177 g/mol. The van der Waals surface area contributed by atoms with Crippen molar-refractivity contribution in [1.29, 1.82) is 0 Å². The number of aryl methyl sites for hydroxylation is 1. The summed E-state index contributed by atoms with van der Waals surface area (Å²) in [5, 5.41) is 0. The first-order chi connectivity index (χ1) is 6.24. The van der Waals surface area contributed by atoms with Gasteiger partial charge in [0.05, 0.1) is 0 Å². The normalized spacial score (nSPS) is 11.4. The molecule has 2 N–H and O–H groups in total. The molecule has 70 valence electrons. The molecule has 1 rings (SSSR count). The summed E-state index contributed by atoms with van der Waals surface area (Å²) in [6.07, 6.45) is 1.85. The van der Waals surface area contributed by atoms with Crippen molar-refractivity contribution in [3.8, 4) is 5.75 Å². The highest BCUT2D eigenvalue weighted by atomic mass is 16.5. The van der Waals surface area contributed by atoms with Gasteiger partial charge in [0.1, 0.15) is 12.4 Å². The van der Waals surface area contributed by atoms with E-state index in [4.69, 9.17) is 10.5 Å². The Hall–Kier alpha value is -1.44. The molecule has 0 radical (unpaired) electrons. The van der Waals surface area contributed by atoms with Gasteiger partial charge in [0.2, 0.25) is 0 Å². The van der Waals surface area contributed by atoms with E-state index < -0.39 is 0 Å². The van der Waals surface area contributed by atoms with Crippen LogP contribution in [0.5, 0.6) is 5.75 Å². The fourth-order valence-electron chi connectivity index (χ4n) is 0.963. The molecule has 0 aliphatic rings. The van der Waals surface area contributed by atoms with E-state index in [1.807, 2.05) is 44.2 Å². The lowest BCUT2D eigenvalue weighted by atomic mass is 10.2. The van der Waals surface area contributed by atoms with E-state index in [9.17, 15) is 0 Å². The summed E-state index contributed by atoms with van der Waals surface area (Å²) < 4.78 is 5.50. The molecule has 0 spiro atoms. The zero-order valence-electron chi connectivity index (χ0n) is 8.08. The molecular formula is C11H15NO. The first-order valence-corrected chi connectivity index (χ1v) is 4.33. The highest BCUT2D eigenvalue weighted by molar-refractivity contribution is 5.31. The Morgan fingerprint density at radius 1 is 1.46 bits per heavy atom. The molecule has 0 unspecified atom stereocenters. The molecule has 0 saturated carbocycles. The number of hydrogen-bond acceptors (Lipinski definition) is 2. The van der Waals surface area contributed by atoms with Crippen molar-refractivity contribution in [2.45, 2.75) is 13.8 Å². The Morgan fingerprint density at radius 3 is 2.77 bits per heavy atom. The standard InChI is InChI=1S/C11H15NO/c1-3-10(12)8-13-11-7-5-4-6-9(11)2/h3-7H,8,12H2,1-2H3/b10-3-. The van der Waals surface area contributed by atoms with Crippen LogP contribution in [-0.2, 0) is 0 Å². The maximum atomic E-state index is 5.61. The van der Waals surface area contributed by atoms with E-state index in [-0.39, 0.29) is 0 Å². The van der Waals surface area contributed by atoms with E-state index in [1.54, 1.807) is 0 Å². The summed E-state index contributed by atoms with van der Waals surface area (Å²) >= 11 is 0. The molecule has 0 aliphatic carbocycles. The van der Waals surface area contributed by atoms with Crippen LogP contribution in [0.3, 0.4) is 0 Å². The van der Waals surface area contributed by atoms with Crippen LogP contribution in [0.4, 0.5) is 0 Å². The largest absolute Gasteiger partial charge is 0.487 e. The molecule has 2 heteroatoms. The highest BCUT2D eigenvalue weighted by Crippen LogP contribution is 2.16. The summed E-state index contributed by atoms with van der Waals surface area (Å²) in [7, 11) is 0. The van der Waals surface area contributed by atoms with Gasteiger partial charge in [-0.1, -0.05) is 24.3 Å². The van der Waals surface area contributed by atoms with Crippen molar-refractivity contribution in [1.82, 2.24) is 0 Å². The summed E-state index contributed by atoms with van der Waals surface area (Å²) in [6.45, 7) is 4.37. The van der Waals surface area contributed by atoms with Crippen molar-refractivity contribution >= 4 is 0 Å². The van der Waals surface area contributed by atoms with Gasteiger partial charge in [-0.05, 0) is 25.5 Å². The minimum absolute atomic E-state index is 0.460. The smallest absolute Gasteiger partial charge is 0.127 e. The molecule has 0 aromatic heterocycles. The van der Waals surface area contributed by atoms with Crippen molar-refractivity contribution in [2.75, 3.05) is 6.61 Å². The molecule has 0 bridgehead atoms. The van der Waals surface area contributed by atoms with Gasteiger partial charge in [-0.2, -0.15) is 0 Å². The fraction of sp³-hybridized carbons (Fsp3) is 0.273. The summed E-state index contributed by atoms with van der Waals surface area (Å²) in [4.78, 5) is 0. The molecule has 0 amide bonds. The predicted molar refractivity (Wildman–Crippen MR) is 54.6 cm³/mol. The zero-order chi connectivity index (χ0) is 9.68. The number of hydrogen-bond donors (Lipinski definition) is 1. The van der Waals surface area contributed by atoms with Crippen LogP contribution in [0, 0.1) is 6.92 Å². The third-order valence-electron chi connectivity index (χ3n) is 1.86. The SMILES string of the molecule is C/C=C(\N)COc1ccccc1C. The monoisotopic (exact) mass is 177 g/mol. The van der Waals surface area contributed by atoms with E-state index in [0.29, 0.717) is 6.61 Å². The first kappa shape index (κ1) is 9.65. The highest BCUT2D eigenvalue weighted by Gasteiger charge is 1.97. The molecule has 0 aliphatic heterocycles. The molecule has 0 fully saturated rings. The fourth-order valence-corrected chi connectivity index (χ4v) is 0.963. The summed E-state index contributed by atoms with van der Waals surface area (Å²) in [6, 6.07) is 7.90. The zero-order valence-corrected chi connectivity index (χ0v) is 8.08. The van der Waals surface area contributed by atoms with Crippen LogP contribution in [-0.4, -0.2) is 6.61 Å². The van der Waals surface area contributed by atoms with Crippen LogP contribution < -0.4 is 10.5 Å². The number of allylic oxidation sites excluding steroid dienone is 1. The van der Waals surface area contributed by atoms with Crippen LogP contribution in [0.15, 0.2) is 36.0 Å². The topological polar surface area (TPSA) is 35.2 Å². The van der Waals surface area contributed by atoms with Gasteiger partial charge in [-0.3, -0.25) is 0 Å². The second-order valence-electron chi connectivity index (χ2n) is 2.92. The van der Waals surface area contributed by atoms with Gasteiger partial charge < -0.3 is 10.5 Å². The number of para-hydroxylation sites is 1. The molecule has 1 aromatic carbocycles. The summed E-state index contributed by atoms with van der Waals surface area (Å²) in [5.41, 5.74) is 7.49. The van der Waals surface area contributed by atoms with Crippen LogP contribution >= 0.6 is 0 Å². The van der Waals surface area contributed by atoms with Crippen molar-refractivity contribution in [3.05, 3.63) is 41.6 Å². The van der Waals surface area contributed by atoms with Crippen LogP contribution in [0.1, 0.15) is 12.5 Å². The number of nitrogens with two attached hydrogens (primary N) is 1. The first-order valence-electron chi connectivity index (χ1n) is 4.33. The Morgan fingerprint density at radius 2 is 2.15 bits per heavy atom. The minimum Gasteiger partial charge on any atom is -0.487 e. The minimum atomic E-state index is 0.460. The average Bonchev–Trinajstić information content (AvgIpc) is 2.16. The van der Waals surface area contributed by atoms with Gasteiger partial charge in [-0.15, -0.1) is 0 Å². The van der Waals surface area contributed by atoms with E-state index in [2.05, 4.69) is 0 Å². The van der Waals surface area contributed by atoms with Gasteiger partial charge in [-0.25, -0.2) is 0 Å². The maximum Gasteiger partial charge on any atom is 0.127 e. The molecular weight excluding hydrogens is 162 g/mol. The molecule has 0 atom stereocenters. The third-order valence-corrected chi connectivity index (χ3v) is 1.86. The Kier molecular flexibility index (Phi) is 3.38. The van der Waals surface area contributed by atoms with E-state index in [1.165, 1.54) is 0 Å². The van der Waals surface area contributed by atoms with Crippen LogP contribution in [0.25, 0.3) is 0 Å². The van der Waals surface area contributed by atoms with Gasteiger partial charge in [0, 0.05) is 5.70 Å². The summed E-state index contributed by atoms with van der Waals surface area (Å²) in [5.74, 6) is 0.896. The molecule has 0 saturated heterocycles. The van der Waals surface area contributed by atoms with E-state index >= 15 is 0 Å². The molecule has 0 heterocycles. The maximum absolute atomic E-state index is 5.61. The number of ether oxygens (including phenoxy) is 1. The number of benzene rings is 1. The Labute approximate surface area is 79.0 Å². The predicted octanol–water partition coefficient (Wildman–Crippen LogP) is 2.24. The van der Waals surface area contributed by atoms with Crippen molar-refractivity contribution < 1.29 is 4.74 Å². The van der Waals surface area contributed by atoms with E-state index in [0.717, 1.165) is 17.0 Å². The Bertz CT molecular complexity index is 305. The lowest BCUT2D eigenvalue weighted by Gasteiger charge is -2.08. The van der Waals surface area contributed by atoms with Crippen molar-refractivity contribution in [3.63, 3.8) is 0 Å². The second kappa shape index (κ2) is 4.55. The lowest BCUT2D eigenvalue weighted by molar-refractivity contribution is 0.348. The van der Waals surface area contributed by atoms with Gasteiger partial charge in [0.15, 0.2) is 0 Å². The third kappa shape index (κ3) is 2.82. The quantitative estimate of drug-likeness (QED) is 0.768. The second-order valence-corrected chi connectivity index (χ2v) is 2.92. The van der Waals surface area contributed by atoms with Gasteiger partial charge >= 0.3 is 0 Å². The van der Waals surface area contributed by atoms with Crippen LogP contribution in [0.2, 0.25) is 0 Å². The lowest BCUT2D eigenvalue weighted by Crippen LogP contribution is -2.08. The Balaban J connectivity index is 2.60. The molecule has 13 heavy (non-hydrogen) atoms. The number of rotatable bonds is 3.